The second-order valence-corrected chi connectivity index (χ2v) is 6.30. The summed E-state index contributed by atoms with van der Waals surface area (Å²) in [6, 6.07) is 0. The van der Waals surface area contributed by atoms with Crippen LogP contribution >= 0.6 is 0 Å². The number of hydrogen-bond acceptors (Lipinski definition) is 3. The number of unbranched alkanes of at least 4 members (excludes halogenated alkanes) is 5. The van der Waals surface area contributed by atoms with Gasteiger partial charge in [-0.2, -0.15) is 0 Å². The lowest BCUT2D eigenvalue weighted by Gasteiger charge is -2.05. The molecule has 0 saturated carbocycles. The van der Waals surface area contributed by atoms with Crippen LogP contribution in [0.15, 0.2) is 23.6 Å². The van der Waals surface area contributed by atoms with Crippen LogP contribution in [0, 0.1) is 0 Å². The lowest BCUT2D eigenvalue weighted by Crippen LogP contribution is -2.22. The van der Waals surface area contributed by atoms with Gasteiger partial charge in [0.15, 0.2) is 17.8 Å². The number of carbonyl (C=O) groups excluding carboxylic acids is 2. The first-order valence-electron chi connectivity index (χ1n) is 8.97. The number of ketones is 1. The lowest BCUT2D eigenvalue weighted by molar-refractivity contribution is -0.123. The minimum atomic E-state index is -0.447. The second-order valence-electron chi connectivity index (χ2n) is 6.30. The molecule has 1 saturated heterocycles. The van der Waals surface area contributed by atoms with Crippen LogP contribution in [0.5, 0.6) is 0 Å². The van der Waals surface area contributed by atoms with Crippen molar-refractivity contribution >= 4 is 11.7 Å². The average Bonchev–Trinajstić information content (AvgIpc) is 2.84. The maximum atomic E-state index is 12.0. The zero-order valence-corrected chi connectivity index (χ0v) is 14.8. The van der Waals surface area contributed by atoms with Crippen molar-refractivity contribution < 1.29 is 14.3 Å². The first kappa shape index (κ1) is 22.4. The summed E-state index contributed by atoms with van der Waals surface area (Å²) in [6.07, 6.45) is 12.3. The van der Waals surface area contributed by atoms with E-state index in [1.165, 1.54) is 31.8 Å². The summed E-state index contributed by atoms with van der Waals surface area (Å²) in [4.78, 5) is 23.7. The van der Waals surface area contributed by atoms with E-state index < -0.39 is 6.10 Å². The Morgan fingerprint density at radius 2 is 1.79 bits per heavy atom. The van der Waals surface area contributed by atoms with Crippen LogP contribution in [0.2, 0.25) is 0 Å². The molecular weight excluding hydrogens is 302 g/mol. The van der Waals surface area contributed by atoms with Crippen LogP contribution < -0.4 is 5.32 Å². The fourth-order valence-electron chi connectivity index (χ4n) is 2.58. The molecule has 4 heteroatoms. The van der Waals surface area contributed by atoms with Crippen molar-refractivity contribution in [3.05, 3.63) is 23.6 Å². The van der Waals surface area contributed by atoms with Gasteiger partial charge in [-0.15, -0.1) is 0 Å². The van der Waals surface area contributed by atoms with Gasteiger partial charge >= 0.3 is 0 Å². The zero-order valence-electron chi connectivity index (χ0n) is 14.8. The van der Waals surface area contributed by atoms with Crippen LogP contribution in [0.3, 0.4) is 0 Å². The Morgan fingerprint density at radius 1 is 1.12 bits per heavy atom. The molecule has 0 aromatic rings. The molecule has 1 fully saturated rings. The van der Waals surface area contributed by atoms with Crippen molar-refractivity contribution in [3.8, 4) is 0 Å². The van der Waals surface area contributed by atoms with E-state index in [4.69, 9.17) is 4.74 Å². The maximum Gasteiger partial charge on any atom is 0.267 e. The molecule has 24 heavy (non-hydrogen) atoms. The molecule has 138 valence electrons. The third-order valence-electron chi connectivity index (χ3n) is 3.96. The lowest BCUT2D eigenvalue weighted by atomic mass is 10.1. The SMILES string of the molecule is C.CCCCCCC/C(C)=C/C(=O)C=C1NC(=O)C(CCCC)O1. The summed E-state index contributed by atoms with van der Waals surface area (Å²) < 4.78 is 5.50. The van der Waals surface area contributed by atoms with E-state index in [0.29, 0.717) is 6.42 Å². The predicted octanol–water partition coefficient (Wildman–Crippen LogP) is 5.05. The summed E-state index contributed by atoms with van der Waals surface area (Å²) >= 11 is 0. The molecule has 0 aromatic heterocycles. The number of amides is 1. The molecular formula is C20H35NO3. The van der Waals surface area contributed by atoms with Crippen molar-refractivity contribution in [3.63, 3.8) is 0 Å². The van der Waals surface area contributed by atoms with Gasteiger partial charge in [-0.25, -0.2) is 0 Å². The Hall–Kier alpha value is -1.58. The molecule has 1 heterocycles. The Morgan fingerprint density at radius 3 is 2.46 bits per heavy atom. The number of ether oxygens (including phenoxy) is 1. The van der Waals surface area contributed by atoms with Crippen molar-refractivity contribution in [2.75, 3.05) is 0 Å². The standard InChI is InChI=1S/C19H31NO3.CH4/c1-4-6-8-9-10-11-15(3)13-16(21)14-18-20-19(22)17(23-18)12-7-5-2;/h13-14,17H,4-12H2,1-3H3,(H,20,22);1H4/b15-13+,18-14?;. The van der Waals surface area contributed by atoms with Crippen LogP contribution in [-0.2, 0) is 14.3 Å². The Kier molecular flexibility index (Phi) is 12.0. The highest BCUT2D eigenvalue weighted by Crippen LogP contribution is 2.16. The van der Waals surface area contributed by atoms with Gasteiger partial charge < -0.3 is 4.74 Å². The molecule has 4 nitrogen and oxygen atoms in total. The van der Waals surface area contributed by atoms with Gasteiger partial charge in [0, 0.05) is 6.08 Å². The summed E-state index contributed by atoms with van der Waals surface area (Å²) in [5, 5.41) is 2.63. The third kappa shape index (κ3) is 8.90. The second kappa shape index (κ2) is 12.8. The van der Waals surface area contributed by atoms with E-state index >= 15 is 0 Å². The first-order chi connectivity index (χ1) is 11.1. The van der Waals surface area contributed by atoms with Crippen LogP contribution in [0.1, 0.15) is 86.0 Å². The van der Waals surface area contributed by atoms with E-state index in [1.807, 2.05) is 6.92 Å². The van der Waals surface area contributed by atoms with Gasteiger partial charge in [-0.05, 0) is 38.7 Å². The molecule has 1 aliphatic rings. The first-order valence-corrected chi connectivity index (χ1v) is 8.97. The topological polar surface area (TPSA) is 55.4 Å². The molecule has 0 spiro atoms. The summed E-state index contributed by atoms with van der Waals surface area (Å²) in [5.41, 5.74) is 1.08. The number of allylic oxidation sites excluding steroid dienone is 3. The van der Waals surface area contributed by atoms with Gasteiger partial charge in [-0.1, -0.05) is 59.0 Å². The highest BCUT2D eigenvalue weighted by molar-refractivity contribution is 6.00. The Bertz CT molecular complexity index is 452. The fraction of sp³-hybridized carbons (Fsp3) is 0.700. The molecule has 0 aliphatic carbocycles. The quantitative estimate of drug-likeness (QED) is 0.424. The predicted molar refractivity (Wildman–Crippen MR) is 99.5 cm³/mol. The molecule has 1 rings (SSSR count). The largest absolute Gasteiger partial charge is 0.465 e. The maximum absolute atomic E-state index is 12.0. The summed E-state index contributed by atoms with van der Waals surface area (Å²) in [6.45, 7) is 6.26. The highest BCUT2D eigenvalue weighted by Gasteiger charge is 2.29. The Labute approximate surface area is 147 Å². The average molecular weight is 338 g/mol. The van der Waals surface area contributed by atoms with Gasteiger partial charge in [0.25, 0.3) is 5.91 Å². The van der Waals surface area contributed by atoms with Gasteiger partial charge in [-0.3, -0.25) is 14.9 Å². The number of rotatable bonds is 11. The molecule has 1 N–H and O–H groups in total. The van der Waals surface area contributed by atoms with Crippen LogP contribution in [-0.4, -0.2) is 17.8 Å². The molecule has 1 atom stereocenters. The number of carbonyl (C=O) groups is 2. The molecule has 0 radical (unpaired) electrons. The minimum Gasteiger partial charge on any atom is -0.465 e. The van der Waals surface area contributed by atoms with E-state index in [1.54, 1.807) is 6.08 Å². The Balaban J connectivity index is 0.00000529. The monoisotopic (exact) mass is 337 g/mol. The highest BCUT2D eigenvalue weighted by atomic mass is 16.5. The van der Waals surface area contributed by atoms with Crippen molar-refractivity contribution in [1.29, 1.82) is 0 Å². The van der Waals surface area contributed by atoms with E-state index in [-0.39, 0.29) is 25.0 Å². The number of hydrogen-bond donors (Lipinski definition) is 1. The number of nitrogens with one attached hydrogen (secondary N) is 1. The molecule has 0 aromatic carbocycles. The van der Waals surface area contributed by atoms with Gasteiger partial charge in [0.1, 0.15) is 0 Å². The third-order valence-corrected chi connectivity index (χ3v) is 3.96. The summed E-state index contributed by atoms with van der Waals surface area (Å²) in [5.74, 6) is 0.0183. The fourth-order valence-corrected chi connectivity index (χ4v) is 2.58. The van der Waals surface area contributed by atoms with Crippen molar-refractivity contribution in [1.82, 2.24) is 5.32 Å². The molecule has 1 unspecified atom stereocenters. The van der Waals surface area contributed by atoms with Crippen molar-refractivity contribution in [2.24, 2.45) is 0 Å². The van der Waals surface area contributed by atoms with Gasteiger partial charge in [0.05, 0.1) is 0 Å². The van der Waals surface area contributed by atoms with E-state index in [2.05, 4.69) is 19.2 Å². The van der Waals surface area contributed by atoms with E-state index in [0.717, 1.165) is 31.3 Å². The molecule has 0 bridgehead atoms. The van der Waals surface area contributed by atoms with Crippen molar-refractivity contribution in [2.45, 2.75) is 92.1 Å². The molecule has 1 aliphatic heterocycles. The zero-order chi connectivity index (χ0) is 17.1. The van der Waals surface area contributed by atoms with Gasteiger partial charge in [0.2, 0.25) is 0 Å². The van der Waals surface area contributed by atoms with E-state index in [9.17, 15) is 9.59 Å². The normalized spacial score (nSPS) is 19.0. The minimum absolute atomic E-state index is 0. The molecule has 1 amide bonds. The smallest absolute Gasteiger partial charge is 0.267 e. The van der Waals surface area contributed by atoms with Crippen LogP contribution in [0.4, 0.5) is 0 Å². The van der Waals surface area contributed by atoms with Crippen LogP contribution in [0.25, 0.3) is 0 Å². The summed E-state index contributed by atoms with van der Waals surface area (Å²) in [7, 11) is 0.